The third-order valence-corrected chi connectivity index (χ3v) is 5.09. The Morgan fingerprint density at radius 1 is 1.41 bits per heavy atom. The Balaban J connectivity index is 2.15. The molecule has 0 saturated heterocycles. The van der Waals surface area contributed by atoms with Gasteiger partial charge in [0.05, 0.1) is 12.2 Å². The van der Waals surface area contributed by atoms with Crippen molar-refractivity contribution in [1.29, 1.82) is 0 Å². The molecule has 0 fully saturated rings. The molecule has 0 radical (unpaired) electrons. The Morgan fingerprint density at radius 2 is 2.18 bits per heavy atom. The Bertz CT molecular complexity index is 538. The van der Waals surface area contributed by atoms with E-state index in [2.05, 4.69) is 6.92 Å². The summed E-state index contributed by atoms with van der Waals surface area (Å²) in [5, 5.41) is 1.97. The van der Waals surface area contributed by atoms with Crippen LogP contribution in [0, 0.1) is 5.92 Å². The highest BCUT2D eigenvalue weighted by Crippen LogP contribution is 2.33. The molecule has 4 nitrogen and oxygen atoms in total. The van der Waals surface area contributed by atoms with Crippen molar-refractivity contribution in [3.63, 3.8) is 0 Å². The summed E-state index contributed by atoms with van der Waals surface area (Å²) in [5.41, 5.74) is 2.00. The lowest BCUT2D eigenvalue weighted by atomic mass is 9.88. The predicted octanol–water partition coefficient (Wildman–Crippen LogP) is 3.29. The van der Waals surface area contributed by atoms with Crippen LogP contribution in [0.5, 0.6) is 0 Å². The van der Waals surface area contributed by atoms with Gasteiger partial charge in [-0.1, -0.05) is 13.8 Å². The van der Waals surface area contributed by atoms with E-state index in [1.807, 2.05) is 12.3 Å². The minimum absolute atomic E-state index is 0.0260. The first kappa shape index (κ1) is 17.0. The number of ether oxygens (including phenoxy) is 1. The number of carbonyl (C=O) groups excluding carboxylic acids is 2. The van der Waals surface area contributed by atoms with Gasteiger partial charge in [0.2, 0.25) is 0 Å². The van der Waals surface area contributed by atoms with Gasteiger partial charge in [-0.3, -0.25) is 9.59 Å². The second-order valence-electron chi connectivity index (χ2n) is 5.93. The van der Waals surface area contributed by atoms with E-state index in [0.29, 0.717) is 19.1 Å². The monoisotopic (exact) mass is 323 g/mol. The molecule has 0 N–H and O–H groups in total. The molecule has 1 unspecified atom stereocenters. The Morgan fingerprint density at radius 3 is 2.86 bits per heavy atom. The van der Waals surface area contributed by atoms with E-state index in [1.165, 1.54) is 10.4 Å². The van der Waals surface area contributed by atoms with Gasteiger partial charge in [0.25, 0.3) is 5.91 Å². The van der Waals surface area contributed by atoms with Crippen molar-refractivity contribution in [1.82, 2.24) is 4.90 Å². The molecule has 1 aromatic heterocycles. The van der Waals surface area contributed by atoms with Crippen LogP contribution in [0.1, 0.15) is 54.4 Å². The molecule has 22 heavy (non-hydrogen) atoms. The number of carbonyl (C=O) groups is 2. The zero-order chi connectivity index (χ0) is 16.1. The zero-order valence-corrected chi connectivity index (χ0v) is 14.5. The molecule has 1 atom stereocenters. The van der Waals surface area contributed by atoms with Crippen LogP contribution in [0.3, 0.4) is 0 Å². The number of nitrogens with zero attached hydrogens (tertiary/aromatic N) is 1. The highest BCUT2D eigenvalue weighted by molar-refractivity contribution is 7.10. The van der Waals surface area contributed by atoms with Gasteiger partial charge >= 0.3 is 5.97 Å². The summed E-state index contributed by atoms with van der Waals surface area (Å²) in [5.74, 6) is 0.337. The van der Waals surface area contributed by atoms with Crippen LogP contribution in [0.15, 0.2) is 5.38 Å². The van der Waals surface area contributed by atoms with Crippen molar-refractivity contribution in [2.24, 2.45) is 5.92 Å². The number of esters is 1. The second kappa shape index (κ2) is 7.77. The van der Waals surface area contributed by atoms with Crippen molar-refractivity contribution < 1.29 is 14.3 Å². The summed E-state index contributed by atoms with van der Waals surface area (Å²) in [6.45, 7) is 7.02. The summed E-state index contributed by atoms with van der Waals surface area (Å²) in [4.78, 5) is 27.5. The lowest BCUT2D eigenvalue weighted by molar-refractivity contribution is -0.143. The topological polar surface area (TPSA) is 46.6 Å². The maximum Gasteiger partial charge on any atom is 0.325 e. The largest absolute Gasteiger partial charge is 0.465 e. The van der Waals surface area contributed by atoms with Gasteiger partial charge in [-0.25, -0.2) is 0 Å². The number of hydrogen-bond donors (Lipinski definition) is 0. The van der Waals surface area contributed by atoms with Crippen molar-refractivity contribution in [2.75, 3.05) is 19.7 Å². The first-order valence-electron chi connectivity index (χ1n) is 8.10. The number of hydrogen-bond acceptors (Lipinski definition) is 4. The molecule has 2 rings (SSSR count). The number of thiophene rings is 1. The Labute approximate surface area is 136 Å². The maximum atomic E-state index is 12.8. The van der Waals surface area contributed by atoms with E-state index in [4.69, 9.17) is 4.74 Å². The van der Waals surface area contributed by atoms with Gasteiger partial charge in [0.1, 0.15) is 6.54 Å². The fourth-order valence-corrected chi connectivity index (χ4v) is 4.15. The SMILES string of the molecule is CCCN(CC(=O)OCC)C(=O)c1csc2c1CCC(C)C2. The smallest absolute Gasteiger partial charge is 0.325 e. The summed E-state index contributed by atoms with van der Waals surface area (Å²) in [6, 6.07) is 0. The quantitative estimate of drug-likeness (QED) is 0.755. The van der Waals surface area contributed by atoms with Gasteiger partial charge in [0.15, 0.2) is 0 Å². The molecule has 1 amide bonds. The van der Waals surface area contributed by atoms with E-state index >= 15 is 0 Å². The zero-order valence-electron chi connectivity index (χ0n) is 13.7. The minimum Gasteiger partial charge on any atom is -0.465 e. The molecule has 0 aromatic carbocycles. The van der Waals surface area contributed by atoms with E-state index in [9.17, 15) is 9.59 Å². The summed E-state index contributed by atoms with van der Waals surface area (Å²) in [7, 11) is 0. The van der Waals surface area contributed by atoms with Crippen molar-refractivity contribution >= 4 is 23.2 Å². The fraction of sp³-hybridized carbons (Fsp3) is 0.647. The molecule has 0 bridgehead atoms. The summed E-state index contributed by atoms with van der Waals surface area (Å²) < 4.78 is 4.98. The molecule has 5 heteroatoms. The van der Waals surface area contributed by atoms with Crippen LogP contribution in [-0.4, -0.2) is 36.5 Å². The molecule has 1 aliphatic carbocycles. The van der Waals surface area contributed by atoms with Gasteiger partial charge in [-0.2, -0.15) is 0 Å². The van der Waals surface area contributed by atoms with E-state index in [1.54, 1.807) is 23.2 Å². The highest BCUT2D eigenvalue weighted by Gasteiger charge is 2.26. The first-order chi connectivity index (χ1) is 10.6. The average Bonchev–Trinajstić information content (AvgIpc) is 2.89. The van der Waals surface area contributed by atoms with Crippen molar-refractivity contribution in [3.05, 3.63) is 21.4 Å². The average molecular weight is 323 g/mol. The standard InChI is InChI=1S/C17H25NO3S/c1-4-8-18(10-16(19)21-5-2)17(20)14-11-22-15-9-12(3)6-7-13(14)15/h11-12H,4-10H2,1-3H3. The second-order valence-corrected chi connectivity index (χ2v) is 6.90. The number of fused-ring (bicyclic) bond motifs is 1. The highest BCUT2D eigenvalue weighted by atomic mass is 32.1. The predicted molar refractivity (Wildman–Crippen MR) is 88.3 cm³/mol. The molecule has 1 heterocycles. The molecule has 0 aliphatic heterocycles. The Hall–Kier alpha value is -1.36. The van der Waals surface area contributed by atoms with Gasteiger partial charge < -0.3 is 9.64 Å². The van der Waals surface area contributed by atoms with Crippen LogP contribution < -0.4 is 0 Å². The van der Waals surface area contributed by atoms with Crippen LogP contribution in [0.4, 0.5) is 0 Å². The van der Waals surface area contributed by atoms with Crippen molar-refractivity contribution in [2.45, 2.75) is 46.5 Å². The molecule has 122 valence electrons. The van der Waals surface area contributed by atoms with Gasteiger partial charge in [-0.05, 0) is 44.1 Å². The van der Waals surface area contributed by atoms with Gasteiger partial charge in [-0.15, -0.1) is 11.3 Å². The molecule has 0 saturated carbocycles. The third kappa shape index (κ3) is 3.88. The number of rotatable bonds is 6. The molecule has 1 aromatic rings. The Kier molecular flexibility index (Phi) is 6.00. The van der Waals surface area contributed by atoms with Crippen LogP contribution in [-0.2, 0) is 22.4 Å². The van der Waals surface area contributed by atoms with Crippen molar-refractivity contribution in [3.8, 4) is 0 Å². The fourth-order valence-electron chi connectivity index (χ4n) is 2.91. The summed E-state index contributed by atoms with van der Waals surface area (Å²) in [6.07, 6.45) is 4.00. The van der Waals surface area contributed by atoms with E-state index in [-0.39, 0.29) is 18.4 Å². The maximum absolute atomic E-state index is 12.8. The number of amides is 1. The lowest BCUT2D eigenvalue weighted by Gasteiger charge is -2.23. The molecular formula is C17H25NO3S. The van der Waals surface area contributed by atoms with E-state index < -0.39 is 0 Å². The van der Waals surface area contributed by atoms with Crippen LogP contribution in [0.2, 0.25) is 0 Å². The third-order valence-electron chi connectivity index (χ3n) is 4.04. The lowest BCUT2D eigenvalue weighted by Crippen LogP contribution is -2.37. The normalized spacial score (nSPS) is 17.0. The molecule has 1 aliphatic rings. The molecule has 0 spiro atoms. The van der Waals surface area contributed by atoms with Gasteiger partial charge in [0, 0.05) is 16.8 Å². The van der Waals surface area contributed by atoms with Crippen LogP contribution >= 0.6 is 11.3 Å². The minimum atomic E-state index is -0.331. The first-order valence-corrected chi connectivity index (χ1v) is 8.98. The molecular weight excluding hydrogens is 298 g/mol. The summed E-state index contributed by atoms with van der Waals surface area (Å²) >= 11 is 1.69. The van der Waals surface area contributed by atoms with Crippen LogP contribution in [0.25, 0.3) is 0 Å². The van der Waals surface area contributed by atoms with E-state index in [0.717, 1.165) is 31.2 Å².